The predicted molar refractivity (Wildman–Crippen MR) is 114 cm³/mol. The molecule has 2 aromatic carbocycles. The Balaban J connectivity index is 1.88. The van der Waals surface area contributed by atoms with Crippen molar-refractivity contribution in [3.05, 3.63) is 60.2 Å². The normalized spacial score (nSPS) is 15.2. The molecule has 1 aliphatic carbocycles. The number of nitrogens with zero attached hydrogens (tertiary/aromatic N) is 1. The van der Waals surface area contributed by atoms with E-state index in [-0.39, 0.29) is 11.9 Å². The van der Waals surface area contributed by atoms with Crippen molar-refractivity contribution in [2.45, 2.75) is 44.6 Å². The minimum atomic E-state index is 0.00275. The summed E-state index contributed by atoms with van der Waals surface area (Å²) >= 11 is 0. The zero-order valence-corrected chi connectivity index (χ0v) is 16.8. The summed E-state index contributed by atoms with van der Waals surface area (Å²) in [5, 5.41) is 0. The number of ether oxygens (including phenoxy) is 2. The van der Waals surface area contributed by atoms with Gasteiger partial charge in [-0.1, -0.05) is 56.0 Å². The molecule has 0 aliphatic heterocycles. The van der Waals surface area contributed by atoms with Crippen LogP contribution in [0.4, 0.5) is 5.69 Å². The van der Waals surface area contributed by atoms with Crippen molar-refractivity contribution in [2.24, 2.45) is 0 Å². The molecule has 1 amide bonds. The molecule has 0 N–H and O–H groups in total. The average Bonchev–Trinajstić information content (AvgIpc) is 3.02. The molecule has 0 spiro atoms. The van der Waals surface area contributed by atoms with Crippen molar-refractivity contribution in [1.82, 2.24) is 0 Å². The average molecular weight is 380 g/mol. The van der Waals surface area contributed by atoms with Crippen LogP contribution in [0.1, 0.15) is 44.1 Å². The molecule has 4 heteroatoms. The van der Waals surface area contributed by atoms with E-state index in [1.807, 2.05) is 59.5 Å². The lowest BCUT2D eigenvalue weighted by molar-refractivity contribution is -0.114. The van der Waals surface area contributed by atoms with Gasteiger partial charge >= 0.3 is 0 Å². The number of methoxy groups -OCH3 is 2. The van der Waals surface area contributed by atoms with Gasteiger partial charge in [0.05, 0.1) is 14.2 Å². The van der Waals surface area contributed by atoms with Gasteiger partial charge in [-0.2, -0.15) is 0 Å². The molecular weight excluding hydrogens is 350 g/mol. The second-order valence-corrected chi connectivity index (χ2v) is 7.11. The molecule has 0 bridgehead atoms. The smallest absolute Gasteiger partial charge is 0.251 e. The molecule has 1 aliphatic rings. The molecule has 3 rings (SSSR count). The molecule has 2 aromatic rings. The van der Waals surface area contributed by atoms with Crippen LogP contribution in [-0.2, 0) is 4.79 Å². The van der Waals surface area contributed by atoms with E-state index >= 15 is 0 Å². The van der Waals surface area contributed by atoms with E-state index in [1.54, 1.807) is 20.3 Å². The summed E-state index contributed by atoms with van der Waals surface area (Å²) in [4.78, 5) is 15.2. The van der Waals surface area contributed by atoms with Gasteiger partial charge in [-0.25, -0.2) is 0 Å². The van der Waals surface area contributed by atoms with Crippen molar-refractivity contribution in [1.29, 1.82) is 0 Å². The first-order valence-electron chi connectivity index (χ1n) is 10.0. The Morgan fingerprint density at radius 1 is 0.929 bits per heavy atom. The second kappa shape index (κ2) is 9.98. The van der Waals surface area contributed by atoms with Gasteiger partial charge in [-0.3, -0.25) is 4.79 Å². The molecule has 0 unspecified atom stereocenters. The molecule has 0 saturated heterocycles. The number of anilines is 1. The third-order valence-electron chi connectivity index (χ3n) is 5.30. The van der Waals surface area contributed by atoms with Crippen LogP contribution in [0.5, 0.6) is 11.5 Å². The fourth-order valence-corrected chi connectivity index (χ4v) is 3.91. The van der Waals surface area contributed by atoms with Crippen molar-refractivity contribution in [3.63, 3.8) is 0 Å². The van der Waals surface area contributed by atoms with E-state index in [0.29, 0.717) is 11.5 Å². The first-order valence-corrected chi connectivity index (χ1v) is 10.0. The molecular formula is C24H29NO3. The summed E-state index contributed by atoms with van der Waals surface area (Å²) in [7, 11) is 3.22. The largest absolute Gasteiger partial charge is 0.493 e. The lowest BCUT2D eigenvalue weighted by Gasteiger charge is -2.30. The van der Waals surface area contributed by atoms with Crippen molar-refractivity contribution >= 4 is 17.7 Å². The number of para-hydroxylation sites is 2. The van der Waals surface area contributed by atoms with Gasteiger partial charge in [0.15, 0.2) is 11.5 Å². The van der Waals surface area contributed by atoms with Crippen LogP contribution in [0.2, 0.25) is 0 Å². The minimum absolute atomic E-state index is 0.00275. The first-order chi connectivity index (χ1) is 13.7. The Bertz CT molecular complexity index is 793. The number of amides is 1. The molecule has 0 radical (unpaired) electrons. The van der Waals surface area contributed by atoms with Crippen LogP contribution in [-0.4, -0.2) is 26.2 Å². The van der Waals surface area contributed by atoms with Crippen molar-refractivity contribution < 1.29 is 14.3 Å². The Hall–Kier alpha value is -2.75. The van der Waals surface area contributed by atoms with E-state index < -0.39 is 0 Å². The van der Waals surface area contributed by atoms with Crippen LogP contribution in [0.15, 0.2) is 54.6 Å². The molecule has 148 valence electrons. The van der Waals surface area contributed by atoms with Crippen LogP contribution >= 0.6 is 0 Å². The zero-order chi connectivity index (χ0) is 19.8. The Morgan fingerprint density at radius 2 is 1.64 bits per heavy atom. The summed E-state index contributed by atoms with van der Waals surface area (Å²) in [5.41, 5.74) is 1.78. The SMILES string of the molecule is COc1cccc(/C=C/C(=O)N(c2ccccc2)C2CCCCCC2)c1OC. The highest BCUT2D eigenvalue weighted by Gasteiger charge is 2.24. The van der Waals surface area contributed by atoms with Crippen molar-refractivity contribution in [2.75, 3.05) is 19.1 Å². The number of benzene rings is 2. The number of carbonyl (C=O) groups excluding carboxylic acids is 1. The van der Waals surface area contributed by atoms with Crippen LogP contribution < -0.4 is 14.4 Å². The lowest BCUT2D eigenvalue weighted by atomic mass is 10.1. The third-order valence-corrected chi connectivity index (χ3v) is 5.30. The number of rotatable bonds is 6. The Labute approximate surface area is 167 Å². The third kappa shape index (κ3) is 4.75. The van der Waals surface area contributed by atoms with Gasteiger partial charge in [-0.05, 0) is 37.1 Å². The van der Waals surface area contributed by atoms with E-state index in [9.17, 15) is 4.79 Å². The lowest BCUT2D eigenvalue weighted by Crippen LogP contribution is -2.39. The van der Waals surface area contributed by atoms with Gasteiger partial charge in [-0.15, -0.1) is 0 Å². The summed E-state index contributed by atoms with van der Waals surface area (Å²) in [6, 6.07) is 15.9. The Morgan fingerprint density at radius 3 is 2.29 bits per heavy atom. The summed E-state index contributed by atoms with van der Waals surface area (Å²) in [6.07, 6.45) is 10.4. The highest BCUT2D eigenvalue weighted by molar-refractivity contribution is 6.04. The van der Waals surface area contributed by atoms with Crippen LogP contribution in [0, 0.1) is 0 Å². The number of carbonyl (C=O) groups is 1. The summed E-state index contributed by atoms with van der Waals surface area (Å²) in [6.45, 7) is 0. The molecule has 28 heavy (non-hydrogen) atoms. The van der Waals surface area contributed by atoms with Crippen LogP contribution in [0.25, 0.3) is 6.08 Å². The van der Waals surface area contributed by atoms with E-state index in [4.69, 9.17) is 9.47 Å². The van der Waals surface area contributed by atoms with E-state index in [0.717, 1.165) is 24.1 Å². The Kier molecular flexibility index (Phi) is 7.12. The first kappa shape index (κ1) is 20.0. The topological polar surface area (TPSA) is 38.8 Å². The second-order valence-electron chi connectivity index (χ2n) is 7.11. The molecule has 4 nitrogen and oxygen atoms in total. The summed E-state index contributed by atoms with van der Waals surface area (Å²) in [5.74, 6) is 1.29. The number of hydrogen-bond acceptors (Lipinski definition) is 3. The van der Waals surface area contributed by atoms with Gasteiger partial charge in [0.2, 0.25) is 0 Å². The molecule has 1 saturated carbocycles. The van der Waals surface area contributed by atoms with Gasteiger partial charge in [0, 0.05) is 23.4 Å². The fourth-order valence-electron chi connectivity index (χ4n) is 3.91. The van der Waals surface area contributed by atoms with Gasteiger partial charge in [0.25, 0.3) is 5.91 Å². The molecule has 0 heterocycles. The zero-order valence-electron chi connectivity index (χ0n) is 16.8. The fraction of sp³-hybridized carbons (Fsp3) is 0.375. The molecule has 0 aromatic heterocycles. The maximum Gasteiger partial charge on any atom is 0.251 e. The van der Waals surface area contributed by atoms with Crippen LogP contribution in [0.3, 0.4) is 0 Å². The maximum absolute atomic E-state index is 13.2. The predicted octanol–water partition coefficient (Wildman–Crippen LogP) is 5.47. The summed E-state index contributed by atoms with van der Waals surface area (Å²) < 4.78 is 10.8. The molecule has 0 atom stereocenters. The monoisotopic (exact) mass is 379 g/mol. The quantitative estimate of drug-likeness (QED) is 0.493. The van der Waals surface area contributed by atoms with E-state index in [2.05, 4.69) is 0 Å². The minimum Gasteiger partial charge on any atom is -0.493 e. The van der Waals surface area contributed by atoms with Gasteiger partial charge < -0.3 is 14.4 Å². The van der Waals surface area contributed by atoms with E-state index in [1.165, 1.54) is 25.7 Å². The van der Waals surface area contributed by atoms with Gasteiger partial charge in [0.1, 0.15) is 0 Å². The standard InChI is InChI=1S/C24H29NO3/c1-27-22-16-10-11-19(24(22)28-2)17-18-23(26)25(21-14-8-5-9-15-21)20-12-6-3-4-7-13-20/h5,8-11,14-18,20H,3-4,6-7,12-13H2,1-2H3/b18-17+. The highest BCUT2D eigenvalue weighted by Crippen LogP contribution is 2.32. The highest BCUT2D eigenvalue weighted by atomic mass is 16.5. The maximum atomic E-state index is 13.2. The van der Waals surface area contributed by atoms with Crippen molar-refractivity contribution in [3.8, 4) is 11.5 Å². The number of hydrogen-bond donors (Lipinski definition) is 0. The molecule has 1 fully saturated rings.